The monoisotopic (exact) mass is 333 g/mol. The van der Waals surface area contributed by atoms with E-state index in [1.165, 1.54) is 25.3 Å². The molecule has 7 nitrogen and oxygen atoms in total. The van der Waals surface area contributed by atoms with Crippen molar-refractivity contribution in [3.8, 4) is 11.5 Å². The van der Waals surface area contributed by atoms with Gasteiger partial charge in [-0.25, -0.2) is 9.59 Å². The first-order valence-electron chi connectivity index (χ1n) is 7.02. The number of anilines is 1. The third-order valence-electron chi connectivity index (χ3n) is 2.85. The molecule has 0 aromatic heterocycles. The van der Waals surface area contributed by atoms with Gasteiger partial charge in [0.15, 0.2) is 11.5 Å². The van der Waals surface area contributed by atoms with Crippen LogP contribution in [0.1, 0.15) is 27.6 Å². The van der Waals surface area contributed by atoms with Crippen LogP contribution in [0.25, 0.3) is 0 Å². The largest absolute Gasteiger partial charge is 0.504 e. The number of carbonyl (C=O) groups is 2. The lowest BCUT2D eigenvalue weighted by molar-refractivity contribution is 0.0526. The average molecular weight is 333 g/mol. The molecule has 0 saturated heterocycles. The van der Waals surface area contributed by atoms with E-state index in [0.29, 0.717) is 17.9 Å². The molecule has 24 heavy (non-hydrogen) atoms. The second-order valence-corrected chi connectivity index (χ2v) is 4.53. The molecule has 0 heterocycles. The van der Waals surface area contributed by atoms with Crippen LogP contribution in [0.5, 0.6) is 11.5 Å². The number of hydrogen-bond donors (Lipinski definition) is 3. The highest BCUT2D eigenvalue weighted by Gasteiger charge is 2.07. The van der Waals surface area contributed by atoms with E-state index in [1.807, 2.05) is 0 Å². The highest BCUT2D eigenvalue weighted by molar-refractivity contribution is 5.89. The van der Waals surface area contributed by atoms with Crippen molar-refractivity contribution >= 4 is 17.6 Å². The number of esters is 1. The molecule has 2 rings (SSSR count). The number of nitrogens with two attached hydrogens (primary N) is 1. The van der Waals surface area contributed by atoms with E-state index < -0.39 is 5.97 Å². The van der Waals surface area contributed by atoms with E-state index in [9.17, 15) is 9.59 Å². The standard InChI is InChI=1S/C9H11NO2.C8H8O4/c1-2-12-9(11)7-3-5-8(10)6-4-7;1-12-7-4-5(8(10)11)2-3-6(7)9/h3-6H,2,10H2,1H3;2-4,9H,1H3,(H,10,11). The summed E-state index contributed by atoms with van der Waals surface area (Å²) < 4.78 is 9.51. The maximum absolute atomic E-state index is 11.1. The van der Waals surface area contributed by atoms with Gasteiger partial charge in [-0.05, 0) is 49.4 Å². The molecule has 0 unspecified atom stereocenters. The predicted octanol–water partition coefficient (Wildman–Crippen LogP) is 2.54. The fourth-order valence-electron chi connectivity index (χ4n) is 1.64. The lowest BCUT2D eigenvalue weighted by Crippen LogP contribution is -2.04. The number of benzene rings is 2. The predicted molar refractivity (Wildman–Crippen MR) is 88.4 cm³/mol. The zero-order chi connectivity index (χ0) is 18.1. The van der Waals surface area contributed by atoms with Gasteiger partial charge in [0.2, 0.25) is 0 Å². The Morgan fingerprint density at radius 2 is 1.67 bits per heavy atom. The van der Waals surface area contributed by atoms with Crippen LogP contribution in [0.3, 0.4) is 0 Å². The van der Waals surface area contributed by atoms with Gasteiger partial charge in [-0.2, -0.15) is 0 Å². The number of carboxylic acid groups (broad SMARTS) is 1. The minimum absolute atomic E-state index is 0.0671. The number of carbonyl (C=O) groups excluding carboxylic acids is 1. The number of ether oxygens (including phenoxy) is 2. The van der Waals surface area contributed by atoms with Crippen LogP contribution in [0, 0.1) is 0 Å². The van der Waals surface area contributed by atoms with Crippen molar-refractivity contribution in [2.24, 2.45) is 0 Å². The first-order chi connectivity index (χ1) is 11.4. The van der Waals surface area contributed by atoms with Crippen molar-refractivity contribution in [2.75, 3.05) is 19.5 Å². The van der Waals surface area contributed by atoms with Crippen molar-refractivity contribution < 1.29 is 29.3 Å². The number of aromatic carboxylic acids is 1. The number of phenolic OH excluding ortho intramolecular Hbond substituents is 1. The summed E-state index contributed by atoms with van der Waals surface area (Å²) in [5, 5.41) is 17.7. The van der Waals surface area contributed by atoms with E-state index in [-0.39, 0.29) is 23.0 Å². The van der Waals surface area contributed by atoms with E-state index in [0.717, 1.165) is 0 Å². The third kappa shape index (κ3) is 5.53. The Morgan fingerprint density at radius 1 is 1.08 bits per heavy atom. The van der Waals surface area contributed by atoms with E-state index in [1.54, 1.807) is 31.2 Å². The van der Waals surface area contributed by atoms with Crippen molar-refractivity contribution in [1.82, 2.24) is 0 Å². The van der Waals surface area contributed by atoms with Crippen LogP contribution in [0.15, 0.2) is 42.5 Å². The molecule has 0 amide bonds. The average Bonchev–Trinajstić information content (AvgIpc) is 2.56. The molecule has 0 bridgehead atoms. The van der Waals surface area contributed by atoms with Gasteiger partial charge >= 0.3 is 11.9 Å². The van der Waals surface area contributed by atoms with Crippen LogP contribution >= 0.6 is 0 Å². The molecule has 0 saturated carbocycles. The summed E-state index contributed by atoms with van der Waals surface area (Å²) >= 11 is 0. The highest BCUT2D eigenvalue weighted by atomic mass is 16.5. The van der Waals surface area contributed by atoms with Crippen molar-refractivity contribution in [2.45, 2.75) is 6.92 Å². The topological polar surface area (TPSA) is 119 Å². The number of carboxylic acids is 1. The molecule has 2 aromatic carbocycles. The minimum Gasteiger partial charge on any atom is -0.504 e. The van der Waals surface area contributed by atoms with Gasteiger partial charge in [0.25, 0.3) is 0 Å². The molecule has 7 heteroatoms. The van der Waals surface area contributed by atoms with E-state index >= 15 is 0 Å². The molecule has 0 radical (unpaired) electrons. The zero-order valence-corrected chi connectivity index (χ0v) is 13.4. The fourth-order valence-corrected chi connectivity index (χ4v) is 1.64. The second kappa shape index (κ2) is 9.04. The Morgan fingerprint density at radius 3 is 2.17 bits per heavy atom. The summed E-state index contributed by atoms with van der Waals surface area (Å²) in [7, 11) is 1.36. The lowest BCUT2D eigenvalue weighted by Gasteiger charge is -2.02. The Labute approximate surface area is 139 Å². The zero-order valence-electron chi connectivity index (χ0n) is 13.4. The van der Waals surface area contributed by atoms with Crippen molar-refractivity contribution in [3.05, 3.63) is 53.6 Å². The molecule has 128 valence electrons. The molecule has 0 aliphatic rings. The summed E-state index contributed by atoms with van der Waals surface area (Å²) in [6.07, 6.45) is 0. The van der Waals surface area contributed by atoms with Gasteiger partial charge in [-0.1, -0.05) is 0 Å². The van der Waals surface area contributed by atoms with Gasteiger partial charge < -0.3 is 25.4 Å². The fraction of sp³-hybridized carbons (Fsp3) is 0.176. The molecular weight excluding hydrogens is 314 g/mol. The third-order valence-corrected chi connectivity index (χ3v) is 2.85. The maximum atomic E-state index is 11.1. The van der Waals surface area contributed by atoms with Crippen LogP contribution in [-0.4, -0.2) is 35.9 Å². The Bertz CT molecular complexity index is 697. The van der Waals surface area contributed by atoms with E-state index in [2.05, 4.69) is 0 Å². The number of phenols is 1. The lowest BCUT2D eigenvalue weighted by atomic mass is 10.2. The first-order valence-corrected chi connectivity index (χ1v) is 7.02. The number of nitrogen functional groups attached to an aromatic ring is 1. The summed E-state index contributed by atoms with van der Waals surface area (Å²) in [4.78, 5) is 21.5. The molecule has 0 spiro atoms. The molecule has 0 aliphatic heterocycles. The Balaban J connectivity index is 0.000000240. The van der Waals surface area contributed by atoms with Crippen molar-refractivity contribution in [3.63, 3.8) is 0 Å². The maximum Gasteiger partial charge on any atom is 0.338 e. The quantitative estimate of drug-likeness (QED) is 0.581. The van der Waals surface area contributed by atoms with Crippen LogP contribution in [0.4, 0.5) is 5.69 Å². The van der Waals surface area contributed by atoms with Crippen LogP contribution < -0.4 is 10.5 Å². The number of aromatic hydroxyl groups is 1. The van der Waals surface area contributed by atoms with Gasteiger partial charge in [-0.15, -0.1) is 0 Å². The molecule has 4 N–H and O–H groups in total. The minimum atomic E-state index is -1.05. The highest BCUT2D eigenvalue weighted by Crippen LogP contribution is 2.25. The first kappa shape index (κ1) is 18.8. The van der Waals surface area contributed by atoms with Gasteiger partial charge in [0.1, 0.15) is 0 Å². The SMILES string of the molecule is CCOC(=O)c1ccc(N)cc1.COc1cc(C(=O)O)ccc1O. The molecule has 0 fully saturated rings. The molecule has 0 atom stereocenters. The normalized spacial score (nSPS) is 9.42. The Kier molecular flexibility index (Phi) is 7.09. The van der Waals surface area contributed by atoms with E-state index in [4.69, 9.17) is 25.4 Å². The number of methoxy groups -OCH3 is 1. The summed E-state index contributed by atoms with van der Waals surface area (Å²) in [6.45, 7) is 2.17. The van der Waals surface area contributed by atoms with Crippen molar-refractivity contribution in [1.29, 1.82) is 0 Å². The summed E-state index contributed by atoms with van der Waals surface area (Å²) in [5.41, 5.74) is 6.71. The van der Waals surface area contributed by atoms with Gasteiger partial charge in [-0.3, -0.25) is 0 Å². The van der Waals surface area contributed by atoms with Gasteiger partial charge in [0.05, 0.1) is 24.8 Å². The number of rotatable bonds is 4. The summed E-state index contributed by atoms with van der Waals surface area (Å²) in [5.74, 6) is -1.26. The van der Waals surface area contributed by atoms with Crippen LogP contribution in [-0.2, 0) is 4.74 Å². The number of hydrogen-bond acceptors (Lipinski definition) is 6. The second-order valence-electron chi connectivity index (χ2n) is 4.53. The Hall–Kier alpha value is -3.22. The van der Waals surface area contributed by atoms with Crippen LogP contribution in [0.2, 0.25) is 0 Å². The smallest absolute Gasteiger partial charge is 0.338 e. The molecule has 0 aliphatic carbocycles. The van der Waals surface area contributed by atoms with Gasteiger partial charge in [0, 0.05) is 5.69 Å². The summed E-state index contributed by atoms with van der Waals surface area (Å²) in [6, 6.07) is 10.5. The molecule has 2 aromatic rings. The molecular formula is C17H19NO6.